The SMILES string of the molecule is CC(=O)C(Cc1ccccc1)NC(=O)CSc1ccc2ccccc2n1. The predicted molar refractivity (Wildman–Crippen MR) is 105 cm³/mol. The molecule has 1 aromatic heterocycles. The summed E-state index contributed by atoms with van der Waals surface area (Å²) in [6.45, 7) is 1.51. The zero-order valence-electron chi connectivity index (χ0n) is 14.5. The molecule has 0 aliphatic carbocycles. The van der Waals surface area contributed by atoms with Gasteiger partial charge in [0.1, 0.15) is 0 Å². The van der Waals surface area contributed by atoms with Crippen LogP contribution >= 0.6 is 11.8 Å². The summed E-state index contributed by atoms with van der Waals surface area (Å²) in [6.07, 6.45) is 0.501. The molecule has 0 radical (unpaired) electrons. The van der Waals surface area contributed by atoms with Crippen LogP contribution in [-0.2, 0) is 16.0 Å². The Balaban J connectivity index is 1.58. The number of ketones is 1. The van der Waals surface area contributed by atoms with Crippen LogP contribution in [-0.4, -0.2) is 28.5 Å². The third-order valence-electron chi connectivity index (χ3n) is 4.03. The number of rotatable bonds is 7. The van der Waals surface area contributed by atoms with Gasteiger partial charge in [0.2, 0.25) is 5.91 Å². The first-order chi connectivity index (χ1) is 12.6. The van der Waals surface area contributed by atoms with Gasteiger partial charge in [0.25, 0.3) is 0 Å². The zero-order valence-corrected chi connectivity index (χ0v) is 15.3. The first-order valence-electron chi connectivity index (χ1n) is 8.44. The molecule has 5 heteroatoms. The molecule has 3 rings (SSSR count). The quantitative estimate of drug-likeness (QED) is 0.650. The summed E-state index contributed by atoms with van der Waals surface area (Å²) in [5.74, 6) is 0.0151. The lowest BCUT2D eigenvalue weighted by molar-refractivity contribution is -0.125. The Morgan fingerprint density at radius 1 is 1.00 bits per heavy atom. The highest BCUT2D eigenvalue weighted by atomic mass is 32.2. The van der Waals surface area contributed by atoms with Crippen molar-refractivity contribution in [1.82, 2.24) is 10.3 Å². The Hall–Kier alpha value is -2.66. The van der Waals surface area contributed by atoms with Crippen LogP contribution in [0.2, 0.25) is 0 Å². The maximum absolute atomic E-state index is 12.3. The molecule has 0 aliphatic rings. The molecule has 1 amide bonds. The number of hydrogen-bond acceptors (Lipinski definition) is 4. The van der Waals surface area contributed by atoms with Gasteiger partial charge in [-0.3, -0.25) is 9.59 Å². The number of pyridine rings is 1. The van der Waals surface area contributed by atoms with E-state index in [1.165, 1.54) is 18.7 Å². The average Bonchev–Trinajstić information content (AvgIpc) is 2.66. The molecule has 0 bridgehead atoms. The van der Waals surface area contributed by atoms with E-state index in [0.29, 0.717) is 6.42 Å². The number of aromatic nitrogens is 1. The summed E-state index contributed by atoms with van der Waals surface area (Å²) in [6, 6.07) is 21.0. The van der Waals surface area contributed by atoms with Crippen LogP contribution in [0.3, 0.4) is 0 Å². The van der Waals surface area contributed by atoms with Crippen LogP contribution in [0.5, 0.6) is 0 Å². The number of nitrogens with one attached hydrogen (secondary N) is 1. The number of benzene rings is 2. The van der Waals surface area contributed by atoms with Crippen molar-refractivity contribution < 1.29 is 9.59 Å². The fourth-order valence-electron chi connectivity index (χ4n) is 2.65. The fourth-order valence-corrected chi connectivity index (χ4v) is 3.34. The molecule has 1 N–H and O–H groups in total. The van der Waals surface area contributed by atoms with Gasteiger partial charge in [0.15, 0.2) is 5.78 Å². The molecule has 2 aromatic carbocycles. The van der Waals surface area contributed by atoms with E-state index < -0.39 is 6.04 Å². The number of carbonyl (C=O) groups excluding carboxylic acids is 2. The van der Waals surface area contributed by atoms with Crippen molar-refractivity contribution in [2.75, 3.05) is 5.75 Å². The van der Waals surface area contributed by atoms with Crippen molar-refractivity contribution in [3.05, 3.63) is 72.3 Å². The number of amides is 1. The highest BCUT2D eigenvalue weighted by Crippen LogP contribution is 2.19. The Morgan fingerprint density at radius 2 is 1.73 bits per heavy atom. The largest absolute Gasteiger partial charge is 0.345 e. The summed E-state index contributed by atoms with van der Waals surface area (Å²) in [4.78, 5) is 28.7. The highest BCUT2D eigenvalue weighted by molar-refractivity contribution is 7.99. The van der Waals surface area contributed by atoms with E-state index in [2.05, 4.69) is 10.3 Å². The number of para-hydroxylation sites is 1. The molecule has 1 heterocycles. The molecule has 4 nitrogen and oxygen atoms in total. The Kier molecular flexibility index (Phi) is 6.02. The van der Waals surface area contributed by atoms with E-state index >= 15 is 0 Å². The van der Waals surface area contributed by atoms with Gasteiger partial charge in [-0.15, -0.1) is 0 Å². The second kappa shape index (κ2) is 8.63. The molecule has 1 atom stereocenters. The van der Waals surface area contributed by atoms with Gasteiger partial charge in [-0.05, 0) is 31.0 Å². The van der Waals surface area contributed by atoms with Gasteiger partial charge >= 0.3 is 0 Å². The van der Waals surface area contributed by atoms with Crippen molar-refractivity contribution in [3.8, 4) is 0 Å². The number of Topliss-reactive ketones (excluding diaryl/α,β-unsaturated/α-hetero) is 1. The van der Waals surface area contributed by atoms with Crippen molar-refractivity contribution in [1.29, 1.82) is 0 Å². The molecule has 0 aliphatic heterocycles. The minimum absolute atomic E-state index is 0.0453. The molecule has 0 saturated heterocycles. The topological polar surface area (TPSA) is 59.1 Å². The van der Waals surface area contributed by atoms with Crippen molar-refractivity contribution in [2.24, 2.45) is 0 Å². The molecule has 3 aromatic rings. The van der Waals surface area contributed by atoms with E-state index in [0.717, 1.165) is 21.5 Å². The van der Waals surface area contributed by atoms with Crippen LogP contribution in [0.25, 0.3) is 10.9 Å². The van der Waals surface area contributed by atoms with Gasteiger partial charge < -0.3 is 5.32 Å². The molecule has 0 spiro atoms. The molecular weight excluding hydrogens is 344 g/mol. The summed E-state index contributed by atoms with van der Waals surface area (Å²) >= 11 is 1.37. The fraction of sp³-hybridized carbons (Fsp3) is 0.190. The summed E-state index contributed by atoms with van der Waals surface area (Å²) < 4.78 is 0. The lowest BCUT2D eigenvalue weighted by atomic mass is 10.0. The van der Waals surface area contributed by atoms with E-state index in [9.17, 15) is 9.59 Å². The smallest absolute Gasteiger partial charge is 0.231 e. The number of carbonyl (C=O) groups is 2. The van der Waals surface area contributed by atoms with Gasteiger partial charge in [0, 0.05) is 5.39 Å². The lowest BCUT2D eigenvalue weighted by Crippen LogP contribution is -2.42. The standard InChI is InChI=1S/C21H20N2O2S/c1-15(24)19(13-16-7-3-2-4-8-16)22-20(25)14-26-21-12-11-17-9-5-6-10-18(17)23-21/h2-12,19H,13-14H2,1H3,(H,22,25). The van der Waals surface area contributed by atoms with E-state index in [1.54, 1.807) is 0 Å². The normalized spacial score (nSPS) is 11.9. The maximum atomic E-state index is 12.3. The van der Waals surface area contributed by atoms with Crippen molar-refractivity contribution in [2.45, 2.75) is 24.4 Å². The van der Waals surface area contributed by atoms with Gasteiger partial charge in [-0.2, -0.15) is 0 Å². The molecule has 132 valence electrons. The lowest BCUT2D eigenvalue weighted by Gasteiger charge is -2.16. The van der Waals surface area contributed by atoms with Crippen LogP contribution in [0.4, 0.5) is 0 Å². The average molecular weight is 364 g/mol. The monoisotopic (exact) mass is 364 g/mol. The summed E-state index contributed by atoms with van der Waals surface area (Å²) in [5, 5.41) is 4.70. The molecular formula is C21H20N2O2S. The number of nitrogens with zero attached hydrogens (tertiary/aromatic N) is 1. The number of thioether (sulfide) groups is 1. The van der Waals surface area contributed by atoms with Crippen LogP contribution in [0.15, 0.2) is 71.8 Å². The molecule has 0 saturated carbocycles. The van der Waals surface area contributed by atoms with E-state index in [-0.39, 0.29) is 17.4 Å². The van der Waals surface area contributed by atoms with E-state index in [4.69, 9.17) is 0 Å². The number of hydrogen-bond donors (Lipinski definition) is 1. The zero-order chi connectivity index (χ0) is 18.4. The van der Waals surface area contributed by atoms with Gasteiger partial charge in [-0.1, -0.05) is 66.4 Å². The molecule has 26 heavy (non-hydrogen) atoms. The Bertz CT molecular complexity index is 912. The third kappa shape index (κ3) is 4.92. The molecule has 1 unspecified atom stereocenters. The van der Waals surface area contributed by atoms with Crippen LogP contribution in [0.1, 0.15) is 12.5 Å². The van der Waals surface area contributed by atoms with Crippen LogP contribution < -0.4 is 5.32 Å². The van der Waals surface area contributed by atoms with E-state index in [1.807, 2.05) is 66.7 Å². The predicted octanol–water partition coefficient (Wildman–Crippen LogP) is 3.64. The minimum Gasteiger partial charge on any atom is -0.345 e. The maximum Gasteiger partial charge on any atom is 0.231 e. The minimum atomic E-state index is -0.505. The van der Waals surface area contributed by atoms with Gasteiger partial charge in [-0.25, -0.2) is 4.98 Å². The summed E-state index contributed by atoms with van der Waals surface area (Å²) in [7, 11) is 0. The first kappa shape index (κ1) is 18.1. The van der Waals surface area contributed by atoms with Crippen LogP contribution in [0, 0.1) is 0 Å². The Morgan fingerprint density at radius 3 is 2.50 bits per heavy atom. The molecule has 0 fully saturated rings. The van der Waals surface area contributed by atoms with Gasteiger partial charge in [0.05, 0.1) is 22.3 Å². The second-order valence-electron chi connectivity index (χ2n) is 6.05. The number of fused-ring (bicyclic) bond motifs is 1. The Labute approximate surface area is 157 Å². The third-order valence-corrected chi connectivity index (χ3v) is 4.96. The highest BCUT2D eigenvalue weighted by Gasteiger charge is 2.17. The van der Waals surface area contributed by atoms with Crippen molar-refractivity contribution in [3.63, 3.8) is 0 Å². The second-order valence-corrected chi connectivity index (χ2v) is 7.05. The van der Waals surface area contributed by atoms with Crippen molar-refractivity contribution >= 4 is 34.4 Å². The summed E-state index contributed by atoms with van der Waals surface area (Å²) in [5.41, 5.74) is 1.93. The first-order valence-corrected chi connectivity index (χ1v) is 9.43.